The summed E-state index contributed by atoms with van der Waals surface area (Å²) in [6, 6.07) is 12.6. The first-order valence-corrected chi connectivity index (χ1v) is 8.39. The maximum absolute atomic E-state index is 12.6. The second-order valence-electron chi connectivity index (χ2n) is 5.77. The molecule has 2 heterocycles. The number of aromatic nitrogens is 1. The summed E-state index contributed by atoms with van der Waals surface area (Å²) < 4.78 is 0. The molecule has 2 amide bonds. The number of rotatable bonds is 3. The highest BCUT2D eigenvalue weighted by molar-refractivity contribution is 7.80. The summed E-state index contributed by atoms with van der Waals surface area (Å²) >= 11 is 4.35. The van der Waals surface area contributed by atoms with E-state index >= 15 is 0 Å². The van der Waals surface area contributed by atoms with Crippen molar-refractivity contribution in [2.75, 3.05) is 13.1 Å². The fraction of sp³-hybridized carbons (Fsp3) is 0.278. The van der Waals surface area contributed by atoms with Gasteiger partial charge in [-0.15, -0.1) is 12.6 Å². The van der Waals surface area contributed by atoms with Gasteiger partial charge in [-0.05, 0) is 37.1 Å². The number of hydrogen-bond donors (Lipinski definition) is 2. The third kappa shape index (κ3) is 3.76. The minimum Gasteiger partial charge on any atom is -0.348 e. The summed E-state index contributed by atoms with van der Waals surface area (Å²) in [5.41, 5.74) is 1.04. The molecule has 6 heteroatoms. The molecule has 5 nitrogen and oxygen atoms in total. The summed E-state index contributed by atoms with van der Waals surface area (Å²) in [6.07, 6.45) is 3.07. The average Bonchev–Trinajstić information content (AvgIpc) is 2.63. The summed E-state index contributed by atoms with van der Waals surface area (Å²) in [5.74, 6) is -0.170. The van der Waals surface area contributed by atoms with Gasteiger partial charge in [0, 0.05) is 30.2 Å². The molecule has 1 aliphatic rings. The third-order valence-corrected chi connectivity index (χ3v) is 4.54. The van der Waals surface area contributed by atoms with Crippen LogP contribution in [0.2, 0.25) is 0 Å². The number of carbonyl (C=O) groups is 2. The van der Waals surface area contributed by atoms with Crippen molar-refractivity contribution < 1.29 is 9.59 Å². The Hall–Kier alpha value is -2.34. The summed E-state index contributed by atoms with van der Waals surface area (Å²) in [4.78, 5) is 31.2. The Kier molecular flexibility index (Phi) is 5.15. The molecule has 1 saturated heterocycles. The Bertz CT molecular complexity index is 728. The Morgan fingerprint density at radius 2 is 1.79 bits per heavy atom. The average molecular weight is 341 g/mol. The maximum atomic E-state index is 12.6. The molecule has 1 N–H and O–H groups in total. The standard InChI is InChI=1S/C18H19N3O2S/c22-17(15-6-3-4-10-19-15)20-13-8-11-21(12-9-13)18(23)14-5-1-2-7-16(14)24/h1-7,10,13,24H,8-9,11-12H2,(H,20,22). The molecular weight excluding hydrogens is 322 g/mol. The molecule has 2 aromatic rings. The first-order chi connectivity index (χ1) is 11.6. The zero-order valence-corrected chi connectivity index (χ0v) is 14.1. The van der Waals surface area contributed by atoms with Gasteiger partial charge in [0.05, 0.1) is 5.56 Å². The van der Waals surface area contributed by atoms with Gasteiger partial charge >= 0.3 is 0 Å². The van der Waals surface area contributed by atoms with E-state index in [1.54, 1.807) is 30.5 Å². The molecule has 0 radical (unpaired) electrons. The molecule has 1 fully saturated rings. The van der Waals surface area contributed by atoms with Crippen LogP contribution in [0.3, 0.4) is 0 Å². The number of likely N-dealkylation sites (tertiary alicyclic amines) is 1. The van der Waals surface area contributed by atoms with Gasteiger partial charge in [0.25, 0.3) is 11.8 Å². The molecule has 0 unspecified atom stereocenters. The van der Waals surface area contributed by atoms with E-state index in [2.05, 4.69) is 22.9 Å². The predicted molar refractivity (Wildman–Crippen MR) is 94.3 cm³/mol. The molecule has 0 spiro atoms. The minimum atomic E-state index is -0.166. The largest absolute Gasteiger partial charge is 0.348 e. The summed E-state index contributed by atoms with van der Waals surface area (Å²) in [7, 11) is 0. The van der Waals surface area contributed by atoms with Crippen LogP contribution in [-0.2, 0) is 0 Å². The quantitative estimate of drug-likeness (QED) is 0.843. The highest BCUT2D eigenvalue weighted by Crippen LogP contribution is 2.19. The molecule has 1 aliphatic heterocycles. The van der Waals surface area contributed by atoms with Crippen LogP contribution in [0.4, 0.5) is 0 Å². The van der Waals surface area contributed by atoms with Crippen molar-refractivity contribution in [2.24, 2.45) is 0 Å². The highest BCUT2D eigenvalue weighted by atomic mass is 32.1. The van der Waals surface area contributed by atoms with Crippen molar-refractivity contribution in [3.8, 4) is 0 Å². The zero-order chi connectivity index (χ0) is 16.9. The minimum absolute atomic E-state index is 0.00453. The van der Waals surface area contributed by atoms with Gasteiger partial charge in [0.1, 0.15) is 5.69 Å². The predicted octanol–water partition coefficient (Wildman–Crippen LogP) is 2.40. The van der Waals surface area contributed by atoms with Crippen LogP contribution >= 0.6 is 12.6 Å². The van der Waals surface area contributed by atoms with Crippen LogP contribution in [0.25, 0.3) is 0 Å². The number of benzene rings is 1. The van der Waals surface area contributed by atoms with Gasteiger partial charge in [-0.2, -0.15) is 0 Å². The molecular formula is C18H19N3O2S. The van der Waals surface area contributed by atoms with Crippen molar-refractivity contribution in [3.63, 3.8) is 0 Å². The topological polar surface area (TPSA) is 62.3 Å². The summed E-state index contributed by atoms with van der Waals surface area (Å²) in [5, 5.41) is 2.99. The van der Waals surface area contributed by atoms with Crippen molar-refractivity contribution in [3.05, 3.63) is 59.9 Å². The van der Waals surface area contributed by atoms with Crippen molar-refractivity contribution >= 4 is 24.4 Å². The number of piperidine rings is 1. The van der Waals surface area contributed by atoms with E-state index in [9.17, 15) is 9.59 Å². The lowest BCUT2D eigenvalue weighted by Crippen LogP contribution is -2.46. The highest BCUT2D eigenvalue weighted by Gasteiger charge is 2.25. The number of hydrogen-bond acceptors (Lipinski definition) is 4. The van der Waals surface area contributed by atoms with E-state index < -0.39 is 0 Å². The monoisotopic (exact) mass is 341 g/mol. The van der Waals surface area contributed by atoms with E-state index in [4.69, 9.17) is 0 Å². The second kappa shape index (κ2) is 7.49. The van der Waals surface area contributed by atoms with Gasteiger partial charge in [-0.3, -0.25) is 14.6 Å². The van der Waals surface area contributed by atoms with Crippen LogP contribution in [0.1, 0.15) is 33.7 Å². The van der Waals surface area contributed by atoms with Gasteiger partial charge in [0.2, 0.25) is 0 Å². The van der Waals surface area contributed by atoms with Crippen LogP contribution in [0, 0.1) is 0 Å². The number of amides is 2. The third-order valence-electron chi connectivity index (χ3n) is 4.15. The van der Waals surface area contributed by atoms with Crippen LogP contribution in [0.15, 0.2) is 53.6 Å². The van der Waals surface area contributed by atoms with E-state index in [0.717, 1.165) is 12.8 Å². The smallest absolute Gasteiger partial charge is 0.270 e. The van der Waals surface area contributed by atoms with Gasteiger partial charge in [-0.25, -0.2) is 0 Å². The van der Waals surface area contributed by atoms with Gasteiger partial charge in [0.15, 0.2) is 0 Å². The van der Waals surface area contributed by atoms with Crippen molar-refractivity contribution in [1.29, 1.82) is 0 Å². The zero-order valence-electron chi connectivity index (χ0n) is 13.2. The number of nitrogens with zero attached hydrogens (tertiary/aromatic N) is 2. The van der Waals surface area contributed by atoms with E-state index in [-0.39, 0.29) is 17.9 Å². The molecule has 124 valence electrons. The lowest BCUT2D eigenvalue weighted by molar-refractivity contribution is 0.0694. The molecule has 0 bridgehead atoms. The van der Waals surface area contributed by atoms with E-state index in [0.29, 0.717) is 29.2 Å². The van der Waals surface area contributed by atoms with Crippen LogP contribution in [0.5, 0.6) is 0 Å². The second-order valence-corrected chi connectivity index (χ2v) is 6.25. The Labute approximate surface area is 146 Å². The molecule has 3 rings (SSSR count). The van der Waals surface area contributed by atoms with Gasteiger partial charge < -0.3 is 10.2 Å². The first kappa shape index (κ1) is 16.5. The Balaban J connectivity index is 1.55. The fourth-order valence-corrected chi connectivity index (χ4v) is 3.06. The Morgan fingerprint density at radius 1 is 1.08 bits per heavy atom. The SMILES string of the molecule is O=C(NC1CCN(C(=O)c2ccccc2S)CC1)c1ccccn1. The van der Waals surface area contributed by atoms with Crippen LogP contribution in [-0.4, -0.2) is 40.8 Å². The summed E-state index contributed by atoms with van der Waals surface area (Å²) in [6.45, 7) is 1.24. The molecule has 1 aromatic heterocycles. The van der Waals surface area contributed by atoms with Crippen molar-refractivity contribution in [2.45, 2.75) is 23.8 Å². The number of thiol groups is 1. The number of carbonyl (C=O) groups excluding carboxylic acids is 2. The Morgan fingerprint density at radius 3 is 2.46 bits per heavy atom. The van der Waals surface area contributed by atoms with Crippen molar-refractivity contribution in [1.82, 2.24) is 15.2 Å². The normalized spacial score (nSPS) is 15.1. The maximum Gasteiger partial charge on any atom is 0.270 e. The molecule has 1 aromatic carbocycles. The molecule has 0 saturated carbocycles. The first-order valence-electron chi connectivity index (χ1n) is 7.94. The molecule has 0 aliphatic carbocycles. The van der Waals surface area contributed by atoms with E-state index in [1.807, 2.05) is 23.1 Å². The molecule has 24 heavy (non-hydrogen) atoms. The lowest BCUT2D eigenvalue weighted by atomic mass is 10.0. The lowest BCUT2D eigenvalue weighted by Gasteiger charge is -2.32. The van der Waals surface area contributed by atoms with Crippen LogP contribution < -0.4 is 5.32 Å². The number of pyridine rings is 1. The molecule has 0 atom stereocenters. The van der Waals surface area contributed by atoms with E-state index in [1.165, 1.54) is 0 Å². The van der Waals surface area contributed by atoms with Gasteiger partial charge in [-0.1, -0.05) is 18.2 Å². The number of nitrogens with one attached hydrogen (secondary N) is 1. The fourth-order valence-electron chi connectivity index (χ4n) is 2.81.